The van der Waals surface area contributed by atoms with Gasteiger partial charge in [-0.3, -0.25) is 4.79 Å². The largest absolute Gasteiger partial charge is 0.338 e. The lowest BCUT2D eigenvalue weighted by atomic mass is 10.1. The number of aromatic nitrogens is 3. The molecule has 0 saturated heterocycles. The molecule has 0 fully saturated rings. The highest BCUT2D eigenvalue weighted by molar-refractivity contribution is 6.05. The van der Waals surface area contributed by atoms with Crippen molar-refractivity contribution in [3.8, 4) is 0 Å². The Bertz CT molecular complexity index is 688. The van der Waals surface area contributed by atoms with E-state index < -0.39 is 0 Å². The van der Waals surface area contributed by atoms with Crippen LogP contribution in [0.5, 0.6) is 0 Å². The second-order valence-electron chi connectivity index (χ2n) is 5.90. The van der Waals surface area contributed by atoms with Crippen LogP contribution in [0.4, 0.5) is 0 Å². The number of nitrogens with two attached hydrogens (primary N) is 1. The first-order valence-corrected chi connectivity index (χ1v) is 7.72. The number of nitrogens with zero attached hydrogens (tertiary/aromatic N) is 4. The fraction of sp³-hybridized carbons (Fsp3) is 0.562. The van der Waals surface area contributed by atoms with E-state index in [2.05, 4.69) is 23.9 Å². The molecule has 2 atom stereocenters. The van der Waals surface area contributed by atoms with Gasteiger partial charge in [0.2, 0.25) is 0 Å². The summed E-state index contributed by atoms with van der Waals surface area (Å²) in [6.07, 6.45) is 2.70. The highest BCUT2D eigenvalue weighted by atomic mass is 35.5. The monoisotopic (exact) mass is 375 g/mol. The van der Waals surface area contributed by atoms with Crippen molar-refractivity contribution in [1.82, 2.24) is 19.7 Å². The standard InChI is InChI=1S/C16H25N5O.2ClH/c1-6-11(3)21-15-14(9-18-21)13(7-10(2)19-15)16(22)20(5)12(4)8-17;;/h7,9,11-12H,6,8,17H2,1-5H3;2*1H. The molecule has 24 heavy (non-hydrogen) atoms. The minimum absolute atomic E-state index is 0. The lowest BCUT2D eigenvalue weighted by Crippen LogP contribution is -2.39. The van der Waals surface area contributed by atoms with E-state index in [0.717, 1.165) is 23.1 Å². The Balaban J connectivity index is 0.00000264. The normalized spacial score (nSPS) is 12.9. The number of carbonyl (C=O) groups is 1. The van der Waals surface area contributed by atoms with Crippen molar-refractivity contribution < 1.29 is 4.79 Å². The van der Waals surface area contributed by atoms with Crippen LogP contribution in [0.3, 0.4) is 0 Å². The molecule has 2 unspecified atom stereocenters. The highest BCUT2D eigenvalue weighted by Gasteiger charge is 2.22. The van der Waals surface area contributed by atoms with Gasteiger partial charge in [-0.25, -0.2) is 9.67 Å². The predicted octanol–water partition coefficient (Wildman–Crippen LogP) is 2.97. The quantitative estimate of drug-likeness (QED) is 0.870. The van der Waals surface area contributed by atoms with Gasteiger partial charge in [0.25, 0.3) is 5.91 Å². The van der Waals surface area contributed by atoms with E-state index in [9.17, 15) is 4.79 Å². The summed E-state index contributed by atoms with van der Waals surface area (Å²) in [5, 5.41) is 5.23. The Morgan fingerprint density at radius 3 is 2.54 bits per heavy atom. The van der Waals surface area contributed by atoms with Gasteiger partial charge in [0, 0.05) is 25.3 Å². The highest BCUT2D eigenvalue weighted by Crippen LogP contribution is 2.23. The summed E-state index contributed by atoms with van der Waals surface area (Å²) >= 11 is 0. The number of aryl methyl sites for hydroxylation is 1. The molecule has 0 aromatic carbocycles. The molecule has 0 aliphatic rings. The fourth-order valence-corrected chi connectivity index (χ4v) is 2.36. The molecule has 0 spiro atoms. The van der Waals surface area contributed by atoms with Crippen LogP contribution in [0, 0.1) is 6.92 Å². The first-order valence-electron chi connectivity index (χ1n) is 7.72. The van der Waals surface area contributed by atoms with Crippen LogP contribution in [0.15, 0.2) is 12.3 Å². The summed E-state index contributed by atoms with van der Waals surface area (Å²) in [6.45, 7) is 8.47. The van der Waals surface area contributed by atoms with Crippen molar-refractivity contribution in [3.05, 3.63) is 23.5 Å². The van der Waals surface area contributed by atoms with Gasteiger partial charge in [-0.1, -0.05) is 6.92 Å². The molecule has 136 valence electrons. The average Bonchev–Trinajstić information content (AvgIpc) is 2.94. The van der Waals surface area contributed by atoms with Gasteiger partial charge in [0.05, 0.1) is 23.2 Å². The van der Waals surface area contributed by atoms with E-state index in [1.807, 2.05) is 24.6 Å². The fourth-order valence-electron chi connectivity index (χ4n) is 2.36. The van der Waals surface area contributed by atoms with Crippen molar-refractivity contribution in [2.45, 2.75) is 46.2 Å². The number of rotatable bonds is 5. The van der Waals surface area contributed by atoms with Crippen LogP contribution < -0.4 is 5.73 Å². The topological polar surface area (TPSA) is 77.0 Å². The summed E-state index contributed by atoms with van der Waals surface area (Å²) in [5.74, 6) is -0.0443. The molecule has 8 heteroatoms. The molecule has 2 rings (SSSR count). The summed E-state index contributed by atoms with van der Waals surface area (Å²) < 4.78 is 1.89. The number of hydrogen-bond donors (Lipinski definition) is 1. The molecule has 0 aliphatic carbocycles. The molecule has 2 heterocycles. The first-order chi connectivity index (χ1) is 10.4. The second kappa shape index (κ2) is 9.20. The van der Waals surface area contributed by atoms with Gasteiger partial charge < -0.3 is 10.6 Å². The summed E-state index contributed by atoms with van der Waals surface area (Å²) in [7, 11) is 1.78. The Morgan fingerprint density at radius 1 is 1.38 bits per heavy atom. The summed E-state index contributed by atoms with van der Waals surface area (Å²) in [5.41, 5.74) is 7.89. The lowest BCUT2D eigenvalue weighted by molar-refractivity contribution is 0.0750. The molecule has 0 aliphatic heterocycles. The summed E-state index contributed by atoms with van der Waals surface area (Å²) in [4.78, 5) is 19.0. The smallest absolute Gasteiger partial charge is 0.254 e. The van der Waals surface area contributed by atoms with Crippen molar-refractivity contribution in [1.29, 1.82) is 0 Å². The Kier molecular flexibility index (Phi) is 8.68. The maximum absolute atomic E-state index is 12.8. The Morgan fingerprint density at radius 2 is 2.00 bits per heavy atom. The molecular weight excluding hydrogens is 349 g/mol. The summed E-state index contributed by atoms with van der Waals surface area (Å²) in [6, 6.07) is 2.06. The molecule has 0 saturated carbocycles. The molecule has 2 aromatic rings. The minimum atomic E-state index is -0.0443. The van der Waals surface area contributed by atoms with E-state index in [1.54, 1.807) is 18.1 Å². The molecule has 2 N–H and O–H groups in total. The molecule has 2 aromatic heterocycles. The van der Waals surface area contributed by atoms with Gasteiger partial charge >= 0.3 is 0 Å². The van der Waals surface area contributed by atoms with Crippen LogP contribution in [0.1, 0.15) is 49.3 Å². The molecule has 0 radical (unpaired) electrons. The third kappa shape index (κ3) is 4.18. The number of amides is 1. The number of halogens is 2. The molecule has 6 nitrogen and oxygen atoms in total. The maximum atomic E-state index is 12.8. The van der Waals surface area contributed by atoms with Gasteiger partial charge in [-0.2, -0.15) is 5.10 Å². The lowest BCUT2D eigenvalue weighted by Gasteiger charge is -2.24. The number of fused-ring (bicyclic) bond motifs is 1. The van der Waals surface area contributed by atoms with E-state index in [1.165, 1.54) is 0 Å². The third-order valence-corrected chi connectivity index (χ3v) is 4.26. The van der Waals surface area contributed by atoms with Crippen molar-refractivity contribution >= 4 is 41.8 Å². The SMILES string of the molecule is CCC(C)n1ncc2c(C(=O)N(C)C(C)CN)cc(C)nc21.Cl.Cl. The van der Waals surface area contributed by atoms with Crippen LogP contribution in [0.2, 0.25) is 0 Å². The zero-order valence-electron chi connectivity index (χ0n) is 14.8. The van der Waals surface area contributed by atoms with E-state index in [-0.39, 0.29) is 42.8 Å². The van der Waals surface area contributed by atoms with Gasteiger partial charge in [0.15, 0.2) is 5.65 Å². The molecule has 1 amide bonds. The maximum Gasteiger partial charge on any atom is 0.254 e. The van der Waals surface area contributed by atoms with E-state index in [0.29, 0.717) is 12.1 Å². The van der Waals surface area contributed by atoms with Crippen molar-refractivity contribution in [3.63, 3.8) is 0 Å². The van der Waals surface area contributed by atoms with Crippen LogP contribution in [0.25, 0.3) is 11.0 Å². The van der Waals surface area contributed by atoms with E-state index >= 15 is 0 Å². The van der Waals surface area contributed by atoms with Crippen molar-refractivity contribution in [2.24, 2.45) is 5.73 Å². The number of pyridine rings is 1. The van der Waals surface area contributed by atoms with Gasteiger partial charge in [-0.15, -0.1) is 24.8 Å². The molecule has 0 bridgehead atoms. The first kappa shape index (κ1) is 22.6. The van der Waals surface area contributed by atoms with Crippen LogP contribution >= 0.6 is 24.8 Å². The van der Waals surface area contributed by atoms with Gasteiger partial charge in [-0.05, 0) is 33.3 Å². The molecular formula is C16H27Cl2N5O. The number of hydrogen-bond acceptors (Lipinski definition) is 4. The van der Waals surface area contributed by atoms with Crippen LogP contribution in [-0.2, 0) is 0 Å². The number of carbonyl (C=O) groups excluding carboxylic acids is 1. The third-order valence-electron chi connectivity index (χ3n) is 4.26. The van der Waals surface area contributed by atoms with Gasteiger partial charge in [0.1, 0.15) is 0 Å². The average molecular weight is 376 g/mol. The Labute approximate surface area is 155 Å². The Hall–Kier alpha value is -1.37. The zero-order valence-corrected chi connectivity index (χ0v) is 16.4. The second-order valence-corrected chi connectivity index (χ2v) is 5.90. The zero-order chi connectivity index (χ0) is 16.4. The van der Waals surface area contributed by atoms with Crippen LogP contribution in [-0.4, -0.2) is 45.2 Å². The number of likely N-dealkylation sites (N-methyl/N-ethyl adjacent to an activating group) is 1. The van der Waals surface area contributed by atoms with E-state index in [4.69, 9.17) is 5.73 Å². The minimum Gasteiger partial charge on any atom is -0.338 e. The predicted molar refractivity (Wildman–Crippen MR) is 102 cm³/mol. The van der Waals surface area contributed by atoms with Crippen molar-refractivity contribution in [2.75, 3.05) is 13.6 Å².